The van der Waals surface area contributed by atoms with Crippen molar-refractivity contribution in [3.05, 3.63) is 29.3 Å². The Hall–Kier alpha value is -2.08. The highest BCUT2D eigenvalue weighted by Crippen LogP contribution is 2.16. The molecule has 1 saturated heterocycles. The van der Waals surface area contributed by atoms with Gasteiger partial charge in [0.1, 0.15) is 0 Å². The summed E-state index contributed by atoms with van der Waals surface area (Å²) in [5.74, 6) is -0.975. The predicted molar refractivity (Wildman–Crippen MR) is 75.7 cm³/mol. The predicted octanol–water partition coefficient (Wildman–Crippen LogP) is 2.22. The molecule has 0 atom stereocenters. The van der Waals surface area contributed by atoms with Crippen molar-refractivity contribution in [1.82, 2.24) is 10.4 Å². The van der Waals surface area contributed by atoms with Crippen LogP contribution in [0, 0.1) is 6.92 Å². The number of carboxylic acid groups (broad SMARTS) is 1. The van der Waals surface area contributed by atoms with Gasteiger partial charge in [0.2, 0.25) is 0 Å². The number of piperidine rings is 1. The number of aryl methyl sites for hydroxylation is 1. The van der Waals surface area contributed by atoms with E-state index in [1.54, 1.807) is 19.1 Å². The highest BCUT2D eigenvalue weighted by molar-refractivity contribution is 5.92. The van der Waals surface area contributed by atoms with Crippen molar-refractivity contribution in [3.63, 3.8) is 0 Å². The Morgan fingerprint density at radius 2 is 1.90 bits per heavy atom. The summed E-state index contributed by atoms with van der Waals surface area (Å²) >= 11 is 0. The van der Waals surface area contributed by atoms with Crippen molar-refractivity contribution in [2.75, 3.05) is 18.4 Å². The zero-order valence-electron chi connectivity index (χ0n) is 11.5. The average molecular weight is 277 g/mol. The van der Waals surface area contributed by atoms with E-state index in [0.29, 0.717) is 5.69 Å². The van der Waals surface area contributed by atoms with Crippen LogP contribution in [-0.4, -0.2) is 35.2 Å². The van der Waals surface area contributed by atoms with E-state index in [9.17, 15) is 9.59 Å². The molecule has 1 heterocycles. The van der Waals surface area contributed by atoms with Crippen LogP contribution in [0.5, 0.6) is 0 Å². The lowest BCUT2D eigenvalue weighted by molar-refractivity contribution is 0.0697. The lowest BCUT2D eigenvalue weighted by Crippen LogP contribution is -2.46. The molecule has 1 aliphatic heterocycles. The number of carbonyl (C=O) groups excluding carboxylic acids is 1. The number of carbonyl (C=O) groups is 2. The van der Waals surface area contributed by atoms with Crippen molar-refractivity contribution in [1.29, 1.82) is 0 Å². The van der Waals surface area contributed by atoms with Crippen LogP contribution >= 0.6 is 0 Å². The summed E-state index contributed by atoms with van der Waals surface area (Å²) in [5.41, 5.74) is 4.35. The van der Waals surface area contributed by atoms with Gasteiger partial charge in [0, 0.05) is 18.8 Å². The van der Waals surface area contributed by atoms with Gasteiger partial charge in [-0.05, 0) is 43.5 Å². The fourth-order valence-electron chi connectivity index (χ4n) is 2.24. The Morgan fingerprint density at radius 3 is 2.50 bits per heavy atom. The molecule has 1 fully saturated rings. The molecular weight excluding hydrogens is 258 g/mol. The van der Waals surface area contributed by atoms with Gasteiger partial charge in [0.15, 0.2) is 0 Å². The number of hydrogen-bond donors (Lipinski definition) is 3. The van der Waals surface area contributed by atoms with Gasteiger partial charge < -0.3 is 10.4 Å². The molecule has 2 amide bonds. The van der Waals surface area contributed by atoms with Crippen molar-refractivity contribution in [2.24, 2.45) is 0 Å². The molecule has 20 heavy (non-hydrogen) atoms. The number of nitrogens with zero attached hydrogens (tertiary/aromatic N) is 1. The quantitative estimate of drug-likeness (QED) is 0.791. The van der Waals surface area contributed by atoms with Gasteiger partial charge in [-0.25, -0.2) is 14.6 Å². The number of rotatable bonds is 3. The number of hydrogen-bond acceptors (Lipinski definition) is 3. The average Bonchev–Trinajstić information content (AvgIpc) is 2.42. The number of hydrazine groups is 1. The monoisotopic (exact) mass is 277 g/mol. The minimum absolute atomic E-state index is 0.212. The topological polar surface area (TPSA) is 81.7 Å². The van der Waals surface area contributed by atoms with E-state index in [0.717, 1.165) is 31.5 Å². The van der Waals surface area contributed by atoms with E-state index in [1.807, 2.05) is 5.01 Å². The van der Waals surface area contributed by atoms with E-state index in [1.165, 1.54) is 12.5 Å². The first-order valence-electron chi connectivity index (χ1n) is 6.73. The summed E-state index contributed by atoms with van der Waals surface area (Å²) in [6.07, 6.45) is 3.38. The van der Waals surface area contributed by atoms with Gasteiger partial charge in [-0.2, -0.15) is 0 Å². The number of aromatic carboxylic acids is 1. The first kappa shape index (κ1) is 14.3. The Morgan fingerprint density at radius 1 is 1.20 bits per heavy atom. The van der Waals surface area contributed by atoms with Crippen LogP contribution in [0.4, 0.5) is 10.5 Å². The van der Waals surface area contributed by atoms with Gasteiger partial charge in [-0.15, -0.1) is 0 Å². The number of urea groups is 1. The maximum atomic E-state index is 11.9. The van der Waals surface area contributed by atoms with Crippen LogP contribution in [-0.2, 0) is 0 Å². The van der Waals surface area contributed by atoms with E-state index in [2.05, 4.69) is 10.7 Å². The molecule has 0 radical (unpaired) electrons. The molecule has 6 nitrogen and oxygen atoms in total. The number of carboxylic acids is 1. The minimum atomic E-state index is -0.975. The van der Waals surface area contributed by atoms with E-state index in [4.69, 9.17) is 5.11 Å². The third-order valence-electron chi connectivity index (χ3n) is 3.34. The first-order valence-corrected chi connectivity index (χ1v) is 6.73. The first-order chi connectivity index (χ1) is 9.56. The van der Waals surface area contributed by atoms with Crippen molar-refractivity contribution < 1.29 is 14.7 Å². The third-order valence-corrected chi connectivity index (χ3v) is 3.34. The zero-order chi connectivity index (χ0) is 14.5. The fourth-order valence-corrected chi connectivity index (χ4v) is 2.24. The third kappa shape index (κ3) is 3.71. The smallest absolute Gasteiger partial charge is 0.335 e. The van der Waals surface area contributed by atoms with Crippen molar-refractivity contribution >= 4 is 17.7 Å². The Kier molecular flexibility index (Phi) is 4.57. The summed E-state index contributed by atoms with van der Waals surface area (Å²) in [6.45, 7) is 3.50. The Labute approximate surface area is 117 Å². The van der Waals surface area contributed by atoms with E-state index >= 15 is 0 Å². The molecule has 6 heteroatoms. The summed E-state index contributed by atoms with van der Waals surface area (Å²) in [6, 6.07) is 4.33. The van der Waals surface area contributed by atoms with Gasteiger partial charge in [-0.3, -0.25) is 5.43 Å². The van der Waals surface area contributed by atoms with Crippen LogP contribution in [0.1, 0.15) is 35.2 Å². The molecule has 1 aliphatic rings. The number of amides is 2. The summed E-state index contributed by atoms with van der Waals surface area (Å²) in [5, 5.41) is 13.5. The minimum Gasteiger partial charge on any atom is -0.478 e. The second kappa shape index (κ2) is 6.38. The van der Waals surface area contributed by atoms with Crippen LogP contribution in [0.3, 0.4) is 0 Å². The molecule has 0 saturated carbocycles. The van der Waals surface area contributed by atoms with Crippen LogP contribution in [0.2, 0.25) is 0 Å². The largest absolute Gasteiger partial charge is 0.478 e. The van der Waals surface area contributed by atoms with E-state index in [-0.39, 0.29) is 11.6 Å². The van der Waals surface area contributed by atoms with E-state index < -0.39 is 5.97 Å². The van der Waals surface area contributed by atoms with Gasteiger partial charge in [-0.1, -0.05) is 6.42 Å². The molecular formula is C14H19N3O3. The van der Waals surface area contributed by atoms with Crippen LogP contribution < -0.4 is 10.7 Å². The molecule has 1 aromatic rings. The molecule has 0 aliphatic carbocycles. The lowest BCUT2D eigenvalue weighted by Gasteiger charge is -2.26. The highest BCUT2D eigenvalue weighted by atomic mass is 16.4. The second-order valence-corrected chi connectivity index (χ2v) is 4.95. The van der Waals surface area contributed by atoms with Gasteiger partial charge in [0.25, 0.3) is 0 Å². The SMILES string of the molecule is Cc1cc(C(=O)O)ccc1NC(=O)NN1CCCCC1. The normalized spacial score (nSPS) is 15.7. The van der Waals surface area contributed by atoms with Gasteiger partial charge >= 0.3 is 12.0 Å². The summed E-state index contributed by atoms with van der Waals surface area (Å²) in [7, 11) is 0. The summed E-state index contributed by atoms with van der Waals surface area (Å²) in [4.78, 5) is 22.7. The van der Waals surface area contributed by atoms with Crippen LogP contribution in [0.25, 0.3) is 0 Å². The molecule has 108 valence electrons. The molecule has 2 rings (SSSR count). The molecule has 1 aromatic carbocycles. The highest BCUT2D eigenvalue weighted by Gasteiger charge is 2.13. The number of benzene rings is 1. The summed E-state index contributed by atoms with van der Waals surface area (Å²) < 4.78 is 0. The second-order valence-electron chi connectivity index (χ2n) is 4.95. The number of nitrogens with one attached hydrogen (secondary N) is 2. The molecule has 0 aromatic heterocycles. The fraction of sp³-hybridized carbons (Fsp3) is 0.429. The molecule has 0 bridgehead atoms. The molecule has 0 spiro atoms. The van der Waals surface area contributed by atoms with Crippen LogP contribution in [0.15, 0.2) is 18.2 Å². The number of anilines is 1. The lowest BCUT2D eigenvalue weighted by atomic mass is 10.1. The Balaban J connectivity index is 1.95. The Bertz CT molecular complexity index is 510. The maximum Gasteiger partial charge on any atom is 0.335 e. The van der Waals surface area contributed by atoms with Crippen molar-refractivity contribution in [3.8, 4) is 0 Å². The molecule has 0 unspecified atom stereocenters. The molecule has 3 N–H and O–H groups in total. The zero-order valence-corrected chi connectivity index (χ0v) is 11.5. The van der Waals surface area contributed by atoms with Crippen molar-refractivity contribution in [2.45, 2.75) is 26.2 Å². The maximum absolute atomic E-state index is 11.9. The van der Waals surface area contributed by atoms with Gasteiger partial charge in [0.05, 0.1) is 5.56 Å². The standard InChI is InChI=1S/C14H19N3O3/c1-10-9-11(13(18)19)5-6-12(10)15-14(20)16-17-7-3-2-4-8-17/h5-6,9H,2-4,7-8H2,1H3,(H,18,19)(H2,15,16,20).